The number of esters is 1. The van der Waals surface area contributed by atoms with Crippen molar-refractivity contribution in [2.45, 2.75) is 33.6 Å². The number of hydrogen-bond donors (Lipinski definition) is 0. The Morgan fingerprint density at radius 3 is 2.61 bits per heavy atom. The van der Waals surface area contributed by atoms with Gasteiger partial charge in [-0.2, -0.15) is 0 Å². The Morgan fingerprint density at radius 2 is 2.00 bits per heavy atom. The topological polar surface area (TPSA) is 26.3 Å². The smallest absolute Gasteiger partial charge is 0.336 e. The first kappa shape index (κ1) is 14.2. The van der Waals surface area contributed by atoms with Gasteiger partial charge in [0.05, 0.1) is 0 Å². The van der Waals surface area contributed by atoms with E-state index in [-0.39, 0.29) is 5.97 Å². The third-order valence-electron chi connectivity index (χ3n) is 2.63. The lowest BCUT2D eigenvalue weighted by molar-refractivity contribution is -0.129. The zero-order valence-corrected chi connectivity index (χ0v) is 11.4. The van der Waals surface area contributed by atoms with Crippen LogP contribution in [0, 0.1) is 6.92 Å². The van der Waals surface area contributed by atoms with E-state index < -0.39 is 0 Å². The van der Waals surface area contributed by atoms with Crippen LogP contribution in [-0.4, -0.2) is 5.97 Å². The lowest BCUT2D eigenvalue weighted by Gasteiger charge is -2.10. The Kier molecular flexibility index (Phi) is 5.37. The zero-order valence-electron chi connectivity index (χ0n) is 11.4. The average Bonchev–Trinajstić information content (AvgIpc) is 2.32. The molecule has 0 atom stereocenters. The van der Waals surface area contributed by atoms with Crippen LogP contribution in [0.25, 0.3) is 0 Å². The molecule has 0 aromatic heterocycles. The Morgan fingerprint density at radius 1 is 1.28 bits per heavy atom. The summed E-state index contributed by atoms with van der Waals surface area (Å²) in [4.78, 5) is 11.6. The van der Waals surface area contributed by atoms with Crippen molar-refractivity contribution in [2.24, 2.45) is 0 Å². The van der Waals surface area contributed by atoms with Gasteiger partial charge in [-0.15, -0.1) is 0 Å². The molecular weight excluding hydrogens is 224 g/mol. The van der Waals surface area contributed by atoms with Crippen LogP contribution in [0.3, 0.4) is 0 Å². The highest BCUT2D eigenvalue weighted by Crippen LogP contribution is 2.24. The summed E-state index contributed by atoms with van der Waals surface area (Å²) in [5, 5.41) is 0. The first-order chi connectivity index (χ1) is 8.54. The van der Waals surface area contributed by atoms with Crippen molar-refractivity contribution in [3.8, 4) is 5.75 Å². The molecule has 2 heteroatoms. The summed E-state index contributed by atoms with van der Waals surface area (Å²) in [7, 11) is 0. The normalized spacial score (nSPS) is 11.6. The number of carbonyl (C=O) groups excluding carboxylic acids is 1. The van der Waals surface area contributed by atoms with Crippen molar-refractivity contribution in [2.75, 3.05) is 0 Å². The molecule has 1 rings (SSSR count). The van der Waals surface area contributed by atoms with Gasteiger partial charge in [-0.25, -0.2) is 4.79 Å². The molecule has 0 bridgehead atoms. The minimum atomic E-state index is -0.350. The number of hydrogen-bond acceptors (Lipinski definition) is 2. The van der Waals surface area contributed by atoms with Gasteiger partial charge in [0.2, 0.25) is 0 Å². The highest BCUT2D eigenvalue weighted by atomic mass is 16.5. The van der Waals surface area contributed by atoms with E-state index in [2.05, 4.69) is 19.9 Å². The number of aryl methyl sites for hydroxylation is 1. The van der Waals surface area contributed by atoms with Crippen molar-refractivity contribution in [3.05, 3.63) is 53.6 Å². The molecule has 0 N–H and O–H groups in total. The molecule has 0 spiro atoms. The van der Waals surface area contributed by atoms with Crippen LogP contribution in [0.1, 0.15) is 37.8 Å². The third-order valence-corrected chi connectivity index (χ3v) is 2.63. The quantitative estimate of drug-likeness (QED) is 0.344. The minimum absolute atomic E-state index is 0.350. The fraction of sp³-hybridized carbons (Fsp3) is 0.312. The van der Waals surface area contributed by atoms with Gasteiger partial charge in [-0.3, -0.25) is 0 Å². The molecule has 0 aliphatic rings. The maximum Gasteiger partial charge on any atom is 0.336 e. The van der Waals surface area contributed by atoms with E-state index in [9.17, 15) is 4.79 Å². The number of rotatable bonds is 4. The summed E-state index contributed by atoms with van der Waals surface area (Å²) in [6.07, 6.45) is 6.73. The second kappa shape index (κ2) is 6.80. The van der Waals surface area contributed by atoms with Crippen molar-refractivity contribution in [1.82, 2.24) is 0 Å². The maximum atomic E-state index is 11.6. The molecule has 18 heavy (non-hydrogen) atoms. The van der Waals surface area contributed by atoms with Crippen LogP contribution in [-0.2, 0) is 4.79 Å². The van der Waals surface area contributed by atoms with E-state index in [1.165, 1.54) is 11.6 Å². The van der Waals surface area contributed by atoms with Crippen LogP contribution in [0.2, 0.25) is 0 Å². The van der Waals surface area contributed by atoms with Crippen LogP contribution in [0.15, 0.2) is 42.5 Å². The van der Waals surface area contributed by atoms with E-state index >= 15 is 0 Å². The van der Waals surface area contributed by atoms with Crippen molar-refractivity contribution in [1.29, 1.82) is 0 Å². The minimum Gasteiger partial charge on any atom is -0.423 e. The molecule has 1 aromatic rings. The van der Waals surface area contributed by atoms with Gasteiger partial charge in [0.15, 0.2) is 0 Å². The van der Waals surface area contributed by atoms with E-state index in [0.29, 0.717) is 11.7 Å². The maximum absolute atomic E-state index is 11.6. The van der Waals surface area contributed by atoms with Gasteiger partial charge in [0.1, 0.15) is 5.75 Å². The van der Waals surface area contributed by atoms with Gasteiger partial charge in [-0.1, -0.05) is 44.2 Å². The molecule has 0 radical (unpaired) electrons. The van der Waals surface area contributed by atoms with Crippen molar-refractivity contribution >= 4 is 5.97 Å². The van der Waals surface area contributed by atoms with E-state index in [4.69, 9.17) is 4.74 Å². The van der Waals surface area contributed by atoms with Gasteiger partial charge in [-0.05, 0) is 37.0 Å². The molecule has 0 heterocycles. The van der Waals surface area contributed by atoms with Crippen LogP contribution < -0.4 is 4.74 Å². The summed E-state index contributed by atoms with van der Waals surface area (Å²) in [5.74, 6) is 0.704. The van der Waals surface area contributed by atoms with Gasteiger partial charge < -0.3 is 4.74 Å². The fourth-order valence-electron chi connectivity index (χ4n) is 1.47. The third kappa shape index (κ3) is 4.21. The highest BCUT2D eigenvalue weighted by molar-refractivity contribution is 5.84. The number of allylic oxidation sites excluding steroid dienone is 3. The number of ether oxygens (including phenoxy) is 1. The molecule has 2 nitrogen and oxygen atoms in total. The Labute approximate surface area is 109 Å². The first-order valence-electron chi connectivity index (χ1n) is 6.16. The number of benzene rings is 1. The molecule has 0 saturated heterocycles. The molecule has 0 amide bonds. The summed E-state index contributed by atoms with van der Waals surface area (Å²) in [6.45, 7) is 8.05. The van der Waals surface area contributed by atoms with Crippen LogP contribution >= 0.6 is 0 Å². The van der Waals surface area contributed by atoms with Crippen LogP contribution in [0.4, 0.5) is 0 Å². The molecule has 0 fully saturated rings. The molecular formula is C16H20O2. The molecule has 0 saturated carbocycles. The highest BCUT2D eigenvalue weighted by Gasteiger charge is 2.07. The zero-order chi connectivity index (χ0) is 13.5. The predicted molar refractivity (Wildman–Crippen MR) is 74.9 cm³/mol. The molecule has 0 unspecified atom stereocenters. The molecule has 0 aliphatic carbocycles. The standard InChI is InChI=1S/C16H20O2/c1-5-6-7-8-16(17)18-15-11-14(12(2)3)10-9-13(15)4/h5-12H,1-4H3/b6-5+,8-7+. The van der Waals surface area contributed by atoms with E-state index in [1.54, 1.807) is 12.2 Å². The molecule has 0 aliphatic heterocycles. The fourth-order valence-corrected chi connectivity index (χ4v) is 1.47. The molecule has 96 valence electrons. The lowest BCUT2D eigenvalue weighted by Crippen LogP contribution is -2.05. The van der Waals surface area contributed by atoms with E-state index in [1.807, 2.05) is 32.1 Å². The largest absolute Gasteiger partial charge is 0.423 e. The summed E-state index contributed by atoms with van der Waals surface area (Å²) >= 11 is 0. The summed E-state index contributed by atoms with van der Waals surface area (Å²) in [6, 6.07) is 5.97. The Hall–Kier alpha value is -1.83. The Bertz CT molecular complexity index is 468. The SMILES string of the molecule is C/C=C/C=C/C(=O)Oc1cc(C(C)C)ccc1C. The summed E-state index contributed by atoms with van der Waals surface area (Å²) in [5.41, 5.74) is 2.13. The Balaban J connectivity index is 2.83. The van der Waals surface area contributed by atoms with E-state index in [0.717, 1.165) is 5.56 Å². The lowest BCUT2D eigenvalue weighted by atomic mass is 10.0. The molecule has 1 aromatic carbocycles. The average molecular weight is 244 g/mol. The van der Waals surface area contributed by atoms with Crippen LogP contribution in [0.5, 0.6) is 5.75 Å². The van der Waals surface area contributed by atoms with Gasteiger partial charge in [0.25, 0.3) is 0 Å². The second-order valence-electron chi connectivity index (χ2n) is 4.49. The monoisotopic (exact) mass is 244 g/mol. The van der Waals surface area contributed by atoms with Gasteiger partial charge in [0, 0.05) is 6.08 Å². The van der Waals surface area contributed by atoms with Gasteiger partial charge >= 0.3 is 5.97 Å². The first-order valence-corrected chi connectivity index (χ1v) is 6.16. The van der Waals surface area contributed by atoms with Crippen molar-refractivity contribution in [3.63, 3.8) is 0 Å². The number of carbonyl (C=O) groups is 1. The predicted octanol–water partition coefficient (Wildman–Crippen LogP) is 4.16. The second-order valence-corrected chi connectivity index (χ2v) is 4.49. The van der Waals surface area contributed by atoms with Crippen molar-refractivity contribution < 1.29 is 9.53 Å². The summed E-state index contributed by atoms with van der Waals surface area (Å²) < 4.78 is 5.32.